The number of hydrogen-bond donors (Lipinski definition) is 3. The third-order valence-corrected chi connectivity index (χ3v) is 3.39. The molecule has 3 heteroatoms. The second kappa shape index (κ2) is 14.3. The van der Waals surface area contributed by atoms with Gasteiger partial charge in [0.15, 0.2) is 0 Å². The molecule has 0 saturated heterocycles. The lowest BCUT2D eigenvalue weighted by molar-refractivity contribution is 0.329. The first-order valence-electron chi connectivity index (χ1n) is 8.06. The van der Waals surface area contributed by atoms with Crippen molar-refractivity contribution in [3.63, 3.8) is 0 Å². The Morgan fingerprint density at radius 1 is 0.895 bits per heavy atom. The first-order chi connectivity index (χ1) is 8.98. The first-order valence-corrected chi connectivity index (χ1v) is 8.06. The summed E-state index contributed by atoms with van der Waals surface area (Å²) in [6.45, 7) is 12.7. The van der Waals surface area contributed by atoms with Crippen molar-refractivity contribution in [3.8, 4) is 0 Å². The van der Waals surface area contributed by atoms with E-state index in [0.29, 0.717) is 5.54 Å². The molecule has 0 aliphatic rings. The van der Waals surface area contributed by atoms with Gasteiger partial charge in [-0.2, -0.15) is 0 Å². The van der Waals surface area contributed by atoms with Crippen LogP contribution in [0.1, 0.15) is 86.0 Å². The molecule has 0 aliphatic carbocycles. The predicted molar refractivity (Wildman–Crippen MR) is 87.9 cm³/mol. The van der Waals surface area contributed by atoms with E-state index in [1.165, 1.54) is 51.4 Å². The topological polar surface area (TPSA) is 64.1 Å². The Kier molecular flexibility index (Phi) is 15.9. The lowest BCUT2D eigenvalue weighted by Gasteiger charge is -2.27. The van der Waals surface area contributed by atoms with Crippen LogP contribution < -0.4 is 17.0 Å². The van der Waals surface area contributed by atoms with Gasteiger partial charge in [0.05, 0.1) is 0 Å². The smallest absolute Gasteiger partial charge is 0.0125 e. The molecule has 0 amide bonds. The van der Waals surface area contributed by atoms with Crippen molar-refractivity contribution in [2.24, 2.45) is 17.6 Å². The minimum absolute atomic E-state index is 0.327. The molecular weight excluding hydrogens is 234 g/mol. The fraction of sp³-hybridized carbons (Fsp3) is 1.00. The minimum Gasteiger partial charge on any atom is -0.312 e. The quantitative estimate of drug-likeness (QED) is 0.303. The fourth-order valence-corrected chi connectivity index (χ4v) is 2.09. The Morgan fingerprint density at radius 3 is 1.84 bits per heavy atom. The molecule has 0 aromatic carbocycles. The van der Waals surface area contributed by atoms with E-state index in [1.807, 2.05) is 0 Å². The summed E-state index contributed by atoms with van der Waals surface area (Å²) in [5, 5.41) is 3.67. The van der Waals surface area contributed by atoms with E-state index in [-0.39, 0.29) is 0 Å². The van der Waals surface area contributed by atoms with Crippen molar-refractivity contribution in [1.29, 1.82) is 0 Å². The predicted octanol–water partition coefficient (Wildman–Crippen LogP) is 3.97. The van der Waals surface area contributed by atoms with Gasteiger partial charge in [-0.15, -0.1) is 0 Å². The third-order valence-electron chi connectivity index (χ3n) is 3.39. The van der Waals surface area contributed by atoms with Gasteiger partial charge < -0.3 is 5.32 Å². The van der Waals surface area contributed by atoms with Gasteiger partial charge in [-0.3, -0.25) is 11.7 Å². The number of nitrogens with two attached hydrogens (primary N) is 2. The van der Waals surface area contributed by atoms with Crippen LogP contribution in [0.3, 0.4) is 0 Å². The van der Waals surface area contributed by atoms with Crippen molar-refractivity contribution in [3.05, 3.63) is 0 Å². The van der Waals surface area contributed by atoms with Gasteiger partial charge in [0.2, 0.25) is 0 Å². The van der Waals surface area contributed by atoms with E-state index in [9.17, 15) is 0 Å². The van der Waals surface area contributed by atoms with Crippen LogP contribution in [0.2, 0.25) is 0 Å². The molecule has 0 rings (SSSR count). The molecule has 5 N–H and O–H groups in total. The van der Waals surface area contributed by atoms with E-state index < -0.39 is 0 Å². The highest BCUT2D eigenvalue weighted by Crippen LogP contribution is 2.16. The molecular formula is C16H39N3. The molecule has 0 fully saturated rings. The number of hydrogen-bond acceptors (Lipinski definition) is 3. The Balaban J connectivity index is 0. The number of rotatable bonds is 11. The summed E-state index contributed by atoms with van der Waals surface area (Å²) in [7, 11) is 0. The van der Waals surface area contributed by atoms with Crippen molar-refractivity contribution >= 4 is 0 Å². The summed E-state index contributed by atoms with van der Waals surface area (Å²) in [6.07, 6.45) is 11.2. The Bertz CT molecular complexity index is 167. The Morgan fingerprint density at radius 2 is 1.37 bits per heavy atom. The molecule has 0 spiro atoms. The lowest BCUT2D eigenvalue weighted by Crippen LogP contribution is -2.41. The largest absolute Gasteiger partial charge is 0.312 e. The number of nitrogens with one attached hydrogen (secondary N) is 1. The van der Waals surface area contributed by atoms with Crippen LogP contribution in [0.15, 0.2) is 0 Å². The summed E-state index contributed by atoms with van der Waals surface area (Å²) < 4.78 is 0. The molecule has 0 aliphatic heterocycles. The third kappa shape index (κ3) is 17.9. The minimum atomic E-state index is 0.327. The monoisotopic (exact) mass is 273 g/mol. The maximum absolute atomic E-state index is 4.00. The van der Waals surface area contributed by atoms with Gasteiger partial charge in [-0.25, -0.2) is 0 Å². The van der Waals surface area contributed by atoms with Gasteiger partial charge >= 0.3 is 0 Å². The van der Waals surface area contributed by atoms with E-state index in [4.69, 9.17) is 0 Å². The summed E-state index contributed by atoms with van der Waals surface area (Å²) in [6, 6.07) is 0. The first kappa shape index (κ1) is 21.2. The number of unbranched alkanes of at least 4 members (excludes halogenated alkanes) is 6. The van der Waals surface area contributed by atoms with Gasteiger partial charge in [-0.05, 0) is 32.7 Å². The van der Waals surface area contributed by atoms with Gasteiger partial charge in [0, 0.05) is 5.54 Å². The maximum atomic E-state index is 4.00. The summed E-state index contributed by atoms with van der Waals surface area (Å²) in [4.78, 5) is 0. The van der Waals surface area contributed by atoms with E-state index >= 15 is 0 Å². The average Bonchev–Trinajstić information content (AvgIpc) is 2.38. The summed E-state index contributed by atoms with van der Waals surface area (Å²) >= 11 is 0. The molecule has 0 aromatic heterocycles. The number of hydrazine groups is 1. The van der Waals surface area contributed by atoms with Gasteiger partial charge in [0.1, 0.15) is 0 Å². The highest BCUT2D eigenvalue weighted by molar-refractivity contribution is 4.77. The van der Waals surface area contributed by atoms with Crippen LogP contribution in [-0.4, -0.2) is 12.1 Å². The van der Waals surface area contributed by atoms with Crippen molar-refractivity contribution in [1.82, 2.24) is 5.32 Å². The Labute approximate surface area is 121 Å². The molecule has 0 radical (unpaired) electrons. The van der Waals surface area contributed by atoms with Crippen LogP contribution in [0.5, 0.6) is 0 Å². The van der Waals surface area contributed by atoms with Crippen LogP contribution >= 0.6 is 0 Å². The summed E-state index contributed by atoms with van der Waals surface area (Å²) in [5.41, 5.74) is 0.327. The lowest BCUT2D eigenvalue weighted by atomic mass is 9.95. The van der Waals surface area contributed by atoms with Crippen LogP contribution in [0.25, 0.3) is 0 Å². The second-order valence-corrected chi connectivity index (χ2v) is 6.53. The zero-order valence-electron chi connectivity index (χ0n) is 14.1. The zero-order valence-corrected chi connectivity index (χ0v) is 14.1. The molecule has 0 atom stereocenters. The second-order valence-electron chi connectivity index (χ2n) is 6.53. The molecule has 3 nitrogen and oxygen atoms in total. The molecule has 0 unspecified atom stereocenters. The molecule has 0 heterocycles. The molecule has 0 aromatic rings. The maximum Gasteiger partial charge on any atom is 0.0125 e. The zero-order chi connectivity index (χ0) is 15.1. The molecule has 0 bridgehead atoms. The average molecular weight is 274 g/mol. The van der Waals surface area contributed by atoms with Crippen molar-refractivity contribution < 1.29 is 0 Å². The molecule has 0 saturated carbocycles. The van der Waals surface area contributed by atoms with E-state index in [2.05, 4.69) is 51.6 Å². The highest BCUT2D eigenvalue weighted by atomic mass is 15.0. The van der Waals surface area contributed by atoms with Crippen molar-refractivity contribution in [2.75, 3.05) is 6.54 Å². The standard InChI is InChI=1S/C16H35N.H4N2/c1-6-7-8-9-10-11-12-13-16(4,5)17-14-15(2)3;1-2/h15,17H,6-14H2,1-5H3;1-2H2. The van der Waals surface area contributed by atoms with Crippen LogP contribution in [-0.2, 0) is 0 Å². The Hall–Kier alpha value is -0.120. The SMILES string of the molecule is CCCCCCCCCC(C)(C)NCC(C)C.NN. The van der Waals surface area contributed by atoms with Gasteiger partial charge in [-0.1, -0.05) is 65.7 Å². The normalized spacial score (nSPS) is 11.4. The molecule has 118 valence electrons. The van der Waals surface area contributed by atoms with Crippen LogP contribution in [0, 0.1) is 5.92 Å². The molecule has 19 heavy (non-hydrogen) atoms. The van der Waals surface area contributed by atoms with E-state index in [1.54, 1.807) is 0 Å². The fourth-order valence-electron chi connectivity index (χ4n) is 2.09. The summed E-state index contributed by atoms with van der Waals surface area (Å²) in [5.74, 6) is 8.75. The van der Waals surface area contributed by atoms with E-state index in [0.717, 1.165) is 12.5 Å². The highest BCUT2D eigenvalue weighted by Gasteiger charge is 2.16. The van der Waals surface area contributed by atoms with Crippen molar-refractivity contribution in [2.45, 2.75) is 91.5 Å². The van der Waals surface area contributed by atoms with Gasteiger partial charge in [0.25, 0.3) is 0 Å². The van der Waals surface area contributed by atoms with Crippen LogP contribution in [0.4, 0.5) is 0 Å².